The monoisotopic (exact) mass is 372 g/mol. The molecule has 1 fully saturated rings. The Balaban J connectivity index is 1.97. The van der Waals surface area contributed by atoms with E-state index in [1.165, 1.54) is 0 Å². The van der Waals surface area contributed by atoms with Gasteiger partial charge < -0.3 is 10.2 Å². The van der Waals surface area contributed by atoms with Gasteiger partial charge in [-0.15, -0.1) is 0 Å². The maximum Gasteiger partial charge on any atom is 0.253 e. The zero-order valence-corrected chi connectivity index (χ0v) is 14.2. The van der Waals surface area contributed by atoms with E-state index in [1.807, 2.05) is 6.92 Å². The molecule has 114 valence electrons. The first-order valence-electron chi connectivity index (χ1n) is 7.05. The van der Waals surface area contributed by atoms with Crippen LogP contribution < -0.4 is 5.32 Å². The highest BCUT2D eigenvalue weighted by atomic mass is 79.9. The molecule has 1 aliphatic heterocycles. The fourth-order valence-electron chi connectivity index (χ4n) is 2.48. The molecule has 1 aliphatic rings. The lowest BCUT2D eigenvalue weighted by atomic mass is 9.95. The number of carbonyl (C=O) groups is 2. The minimum atomic E-state index is -0.0289. The topological polar surface area (TPSA) is 49.4 Å². The Bertz CT molecular complexity index is 542. The number of piperidine rings is 1. The maximum absolute atomic E-state index is 12.4. The van der Waals surface area contributed by atoms with Crippen LogP contribution in [-0.4, -0.2) is 36.3 Å². The van der Waals surface area contributed by atoms with Crippen molar-refractivity contribution in [1.82, 2.24) is 10.2 Å². The first-order valence-corrected chi connectivity index (χ1v) is 8.22. The lowest BCUT2D eigenvalue weighted by Gasteiger charge is -2.31. The molecular weight excluding hydrogens is 356 g/mol. The third kappa shape index (κ3) is 3.98. The Hall–Kier alpha value is -1.07. The Morgan fingerprint density at radius 3 is 2.62 bits per heavy atom. The minimum absolute atomic E-state index is 0.0162. The molecule has 0 spiro atoms. The van der Waals surface area contributed by atoms with E-state index in [0.717, 1.165) is 4.47 Å². The summed E-state index contributed by atoms with van der Waals surface area (Å²) in [6.07, 6.45) is 1.42. The van der Waals surface area contributed by atoms with Crippen LogP contribution in [0.4, 0.5) is 0 Å². The zero-order valence-electron chi connectivity index (χ0n) is 11.9. The van der Waals surface area contributed by atoms with Crippen LogP contribution in [0.15, 0.2) is 22.7 Å². The molecule has 0 saturated carbocycles. The summed E-state index contributed by atoms with van der Waals surface area (Å²) in [5.41, 5.74) is 0.583. The fourth-order valence-corrected chi connectivity index (χ4v) is 2.90. The van der Waals surface area contributed by atoms with Crippen molar-refractivity contribution in [2.75, 3.05) is 19.6 Å². The molecular formula is C15H18BrClN2O2. The van der Waals surface area contributed by atoms with Crippen molar-refractivity contribution in [3.05, 3.63) is 33.3 Å². The third-order valence-electron chi connectivity index (χ3n) is 3.67. The van der Waals surface area contributed by atoms with E-state index >= 15 is 0 Å². The first kappa shape index (κ1) is 16.3. The molecule has 6 heteroatoms. The predicted octanol–water partition coefficient (Wildman–Crippen LogP) is 3.09. The average Bonchev–Trinajstić information content (AvgIpc) is 2.50. The van der Waals surface area contributed by atoms with Crippen LogP contribution >= 0.6 is 27.5 Å². The van der Waals surface area contributed by atoms with E-state index in [-0.39, 0.29) is 17.7 Å². The van der Waals surface area contributed by atoms with Gasteiger partial charge in [0.25, 0.3) is 5.91 Å². The minimum Gasteiger partial charge on any atom is -0.356 e. The largest absolute Gasteiger partial charge is 0.356 e. The summed E-state index contributed by atoms with van der Waals surface area (Å²) in [4.78, 5) is 26.0. The van der Waals surface area contributed by atoms with E-state index in [1.54, 1.807) is 23.1 Å². The van der Waals surface area contributed by atoms with Gasteiger partial charge in [0.15, 0.2) is 0 Å². The van der Waals surface area contributed by atoms with E-state index in [9.17, 15) is 9.59 Å². The number of hydrogen-bond acceptors (Lipinski definition) is 2. The molecule has 2 amide bonds. The number of hydrogen-bond donors (Lipinski definition) is 1. The molecule has 1 aromatic carbocycles. The summed E-state index contributed by atoms with van der Waals surface area (Å²) < 4.78 is 0.774. The number of rotatable bonds is 3. The number of nitrogens with one attached hydrogen (secondary N) is 1. The zero-order chi connectivity index (χ0) is 15.4. The number of carbonyl (C=O) groups excluding carboxylic acids is 2. The average molecular weight is 374 g/mol. The van der Waals surface area contributed by atoms with Gasteiger partial charge >= 0.3 is 0 Å². The summed E-state index contributed by atoms with van der Waals surface area (Å²) in [5, 5.41) is 3.37. The first-order chi connectivity index (χ1) is 10.0. The van der Waals surface area contributed by atoms with Gasteiger partial charge in [0.1, 0.15) is 0 Å². The Morgan fingerprint density at radius 1 is 1.38 bits per heavy atom. The Morgan fingerprint density at radius 2 is 2.05 bits per heavy atom. The van der Waals surface area contributed by atoms with Crippen LogP contribution in [0.25, 0.3) is 0 Å². The summed E-state index contributed by atoms with van der Waals surface area (Å²) in [6, 6.07) is 5.20. The molecule has 0 bridgehead atoms. The van der Waals surface area contributed by atoms with Crippen molar-refractivity contribution in [2.24, 2.45) is 5.92 Å². The summed E-state index contributed by atoms with van der Waals surface area (Å²) >= 11 is 9.34. The second-order valence-corrected chi connectivity index (χ2v) is 6.35. The quantitative estimate of drug-likeness (QED) is 0.885. The Kier molecular flexibility index (Phi) is 5.65. The molecule has 4 nitrogen and oxygen atoms in total. The van der Waals surface area contributed by atoms with Gasteiger partial charge in [-0.3, -0.25) is 9.59 Å². The lowest BCUT2D eigenvalue weighted by molar-refractivity contribution is -0.126. The number of benzene rings is 1. The van der Waals surface area contributed by atoms with E-state index < -0.39 is 0 Å². The Labute approximate surface area is 138 Å². The summed E-state index contributed by atoms with van der Waals surface area (Å²) in [7, 11) is 0. The molecule has 2 rings (SSSR count). The van der Waals surface area contributed by atoms with Gasteiger partial charge in [0.2, 0.25) is 5.91 Å². The van der Waals surface area contributed by atoms with Crippen molar-refractivity contribution in [2.45, 2.75) is 19.8 Å². The standard InChI is InChI=1S/C15H18BrClN2O2/c1-2-18-14(20)10-5-7-19(8-6-10)15(21)11-3-4-12(16)13(17)9-11/h3-4,9-10H,2,5-8H2,1H3,(H,18,20). The smallest absolute Gasteiger partial charge is 0.253 e. The molecule has 0 aromatic heterocycles. The van der Waals surface area contributed by atoms with E-state index in [4.69, 9.17) is 11.6 Å². The molecule has 0 unspecified atom stereocenters. The predicted molar refractivity (Wildman–Crippen MR) is 86.5 cm³/mol. The normalized spacial score (nSPS) is 15.9. The number of amides is 2. The SMILES string of the molecule is CCNC(=O)C1CCN(C(=O)c2ccc(Br)c(Cl)c2)CC1. The third-order valence-corrected chi connectivity index (χ3v) is 4.90. The van der Waals surface area contributed by atoms with Gasteiger partial charge in [0.05, 0.1) is 5.02 Å². The van der Waals surface area contributed by atoms with Crippen molar-refractivity contribution in [1.29, 1.82) is 0 Å². The van der Waals surface area contributed by atoms with Crippen molar-refractivity contribution >= 4 is 39.3 Å². The molecule has 1 aromatic rings. The molecule has 0 radical (unpaired) electrons. The van der Waals surface area contributed by atoms with Crippen LogP contribution in [0.1, 0.15) is 30.1 Å². The van der Waals surface area contributed by atoms with E-state index in [0.29, 0.717) is 43.1 Å². The molecule has 1 saturated heterocycles. The van der Waals surface area contributed by atoms with E-state index in [2.05, 4.69) is 21.2 Å². The highest BCUT2D eigenvalue weighted by molar-refractivity contribution is 9.10. The van der Waals surface area contributed by atoms with Crippen LogP contribution in [0, 0.1) is 5.92 Å². The number of nitrogens with zero attached hydrogens (tertiary/aromatic N) is 1. The molecule has 1 heterocycles. The molecule has 0 aliphatic carbocycles. The highest BCUT2D eigenvalue weighted by Crippen LogP contribution is 2.25. The second-order valence-electron chi connectivity index (χ2n) is 5.09. The second kappa shape index (κ2) is 7.27. The molecule has 21 heavy (non-hydrogen) atoms. The lowest BCUT2D eigenvalue weighted by Crippen LogP contribution is -2.43. The van der Waals surface area contributed by atoms with Crippen molar-refractivity contribution < 1.29 is 9.59 Å². The summed E-state index contributed by atoms with van der Waals surface area (Å²) in [6.45, 7) is 3.77. The number of halogens is 2. The van der Waals surface area contributed by atoms with Gasteiger partial charge in [0, 0.05) is 35.6 Å². The molecule has 1 N–H and O–H groups in total. The van der Waals surface area contributed by atoms with Crippen LogP contribution in [0.5, 0.6) is 0 Å². The fraction of sp³-hybridized carbons (Fsp3) is 0.467. The van der Waals surface area contributed by atoms with Gasteiger partial charge in [-0.1, -0.05) is 11.6 Å². The number of likely N-dealkylation sites (tertiary alicyclic amines) is 1. The molecule has 0 atom stereocenters. The maximum atomic E-state index is 12.4. The van der Waals surface area contributed by atoms with Crippen LogP contribution in [-0.2, 0) is 4.79 Å². The van der Waals surface area contributed by atoms with Gasteiger partial charge in [-0.05, 0) is 53.9 Å². The highest BCUT2D eigenvalue weighted by Gasteiger charge is 2.27. The van der Waals surface area contributed by atoms with Crippen LogP contribution in [0.3, 0.4) is 0 Å². The summed E-state index contributed by atoms with van der Waals surface area (Å²) in [5.74, 6) is 0.0811. The van der Waals surface area contributed by atoms with Gasteiger partial charge in [-0.2, -0.15) is 0 Å². The van der Waals surface area contributed by atoms with Crippen molar-refractivity contribution in [3.8, 4) is 0 Å². The van der Waals surface area contributed by atoms with Crippen LogP contribution in [0.2, 0.25) is 5.02 Å². The van der Waals surface area contributed by atoms with Crippen molar-refractivity contribution in [3.63, 3.8) is 0 Å². The van der Waals surface area contributed by atoms with Gasteiger partial charge in [-0.25, -0.2) is 0 Å².